The lowest BCUT2D eigenvalue weighted by Gasteiger charge is -2.18. The Hall–Kier alpha value is -2.88. The predicted molar refractivity (Wildman–Crippen MR) is 101 cm³/mol. The van der Waals surface area contributed by atoms with Gasteiger partial charge in [0.1, 0.15) is 0 Å². The van der Waals surface area contributed by atoms with Crippen LogP contribution in [0, 0.1) is 5.82 Å². The van der Waals surface area contributed by atoms with E-state index in [-0.39, 0.29) is 11.7 Å². The fourth-order valence-corrected chi connectivity index (χ4v) is 3.58. The molecule has 1 atom stereocenters. The minimum Gasteiger partial charge on any atom is -0.478 e. The minimum atomic E-state index is -0.755. The number of nitrogens with one attached hydrogen (secondary N) is 1. The molecule has 0 saturated heterocycles. The molecule has 0 aliphatic heterocycles. The van der Waals surface area contributed by atoms with Crippen LogP contribution in [0.15, 0.2) is 54.6 Å². The van der Waals surface area contributed by atoms with Crippen LogP contribution in [-0.4, -0.2) is 12.0 Å². The van der Waals surface area contributed by atoms with Gasteiger partial charge in [-0.05, 0) is 54.0 Å². The topological polar surface area (TPSA) is 38.3 Å². The van der Waals surface area contributed by atoms with Gasteiger partial charge in [-0.1, -0.05) is 43.3 Å². The van der Waals surface area contributed by atoms with Crippen LogP contribution in [0.3, 0.4) is 0 Å². The zero-order valence-electron chi connectivity index (χ0n) is 14.6. The first kappa shape index (κ1) is 16.6. The monoisotopic (exact) mass is 349 g/mol. The number of carbonyl (C=O) groups is 1. The van der Waals surface area contributed by atoms with Gasteiger partial charge in [-0.2, -0.15) is 0 Å². The highest BCUT2D eigenvalue weighted by atomic mass is 19.1. The number of ether oxygens (including phenoxy) is 1. The molecule has 0 saturated carbocycles. The Kier molecular flexibility index (Phi) is 4.33. The van der Waals surface area contributed by atoms with Crippen molar-refractivity contribution in [2.24, 2.45) is 0 Å². The van der Waals surface area contributed by atoms with Crippen LogP contribution in [0.2, 0.25) is 0 Å². The van der Waals surface area contributed by atoms with E-state index in [0.717, 1.165) is 23.9 Å². The summed E-state index contributed by atoms with van der Waals surface area (Å²) < 4.78 is 19.4. The van der Waals surface area contributed by atoms with Crippen LogP contribution in [0.4, 0.5) is 10.1 Å². The Morgan fingerprint density at radius 3 is 2.62 bits per heavy atom. The number of rotatable bonds is 5. The van der Waals surface area contributed by atoms with Crippen molar-refractivity contribution in [2.75, 3.05) is 5.32 Å². The fraction of sp³-hybridized carbons (Fsp3) is 0.227. The molecule has 0 aromatic heterocycles. The van der Waals surface area contributed by atoms with E-state index in [1.165, 1.54) is 28.6 Å². The smallest absolute Gasteiger partial charge is 0.265 e. The van der Waals surface area contributed by atoms with Gasteiger partial charge >= 0.3 is 0 Å². The number of para-hydroxylation sites is 1. The molecule has 1 aliphatic carbocycles. The van der Waals surface area contributed by atoms with E-state index in [4.69, 9.17) is 4.74 Å². The normalized spacial score (nSPS) is 13.6. The lowest BCUT2D eigenvalue weighted by molar-refractivity contribution is -0.122. The maximum Gasteiger partial charge on any atom is 0.265 e. The van der Waals surface area contributed by atoms with Crippen molar-refractivity contribution in [3.05, 3.63) is 71.5 Å². The maximum atomic E-state index is 13.8. The predicted octanol–water partition coefficient (Wildman–Crippen LogP) is 4.87. The highest BCUT2D eigenvalue weighted by Crippen LogP contribution is 2.35. The summed E-state index contributed by atoms with van der Waals surface area (Å²) in [5.41, 5.74) is 3.42. The molecule has 3 aromatic rings. The highest BCUT2D eigenvalue weighted by molar-refractivity contribution is 6.06. The van der Waals surface area contributed by atoms with Crippen molar-refractivity contribution < 1.29 is 13.9 Å². The molecule has 26 heavy (non-hydrogen) atoms. The second-order valence-corrected chi connectivity index (χ2v) is 6.55. The molecular weight excluding hydrogens is 329 g/mol. The molecule has 0 heterocycles. The van der Waals surface area contributed by atoms with Crippen molar-refractivity contribution in [1.29, 1.82) is 0 Å². The van der Waals surface area contributed by atoms with Gasteiger partial charge in [-0.15, -0.1) is 0 Å². The molecule has 0 spiro atoms. The molecule has 1 aliphatic rings. The summed E-state index contributed by atoms with van der Waals surface area (Å²) in [7, 11) is 0. The van der Waals surface area contributed by atoms with Crippen LogP contribution in [-0.2, 0) is 17.6 Å². The Morgan fingerprint density at radius 2 is 1.85 bits per heavy atom. The standard InChI is InChI=1S/C22H20FNO2/c1-2-19(26-20-9-4-3-8-17(20)23)22(25)24-18-13-12-15-11-10-14-6-5-7-16(18)21(14)15/h3-9,12-13,19H,2,10-11H2,1H3,(H,24,25)/t19-/m1/s1. The number of halogens is 1. The van der Waals surface area contributed by atoms with E-state index in [2.05, 4.69) is 17.4 Å². The summed E-state index contributed by atoms with van der Waals surface area (Å²) in [4.78, 5) is 12.7. The average Bonchev–Trinajstić information content (AvgIpc) is 3.08. The summed E-state index contributed by atoms with van der Waals surface area (Å²) in [5, 5.41) is 5.26. The highest BCUT2D eigenvalue weighted by Gasteiger charge is 2.22. The second-order valence-electron chi connectivity index (χ2n) is 6.55. The molecule has 4 heteroatoms. The van der Waals surface area contributed by atoms with Gasteiger partial charge in [0.05, 0.1) is 0 Å². The molecule has 0 radical (unpaired) electrons. The van der Waals surface area contributed by atoms with Crippen LogP contribution < -0.4 is 10.1 Å². The SMILES string of the molecule is CC[C@@H](Oc1ccccc1F)C(=O)Nc1ccc2c3c(cccc13)CC2. The summed E-state index contributed by atoms with van der Waals surface area (Å²) >= 11 is 0. The van der Waals surface area contributed by atoms with Gasteiger partial charge in [0.15, 0.2) is 17.7 Å². The van der Waals surface area contributed by atoms with E-state index in [9.17, 15) is 9.18 Å². The molecule has 0 bridgehead atoms. The third-order valence-electron chi connectivity index (χ3n) is 4.90. The fourth-order valence-electron chi connectivity index (χ4n) is 3.58. The van der Waals surface area contributed by atoms with Gasteiger partial charge in [-0.3, -0.25) is 4.79 Å². The zero-order valence-corrected chi connectivity index (χ0v) is 14.6. The van der Waals surface area contributed by atoms with Crippen molar-refractivity contribution in [3.63, 3.8) is 0 Å². The summed E-state index contributed by atoms with van der Waals surface area (Å²) in [5.74, 6) is -0.645. The summed E-state index contributed by atoms with van der Waals surface area (Å²) in [6, 6.07) is 16.3. The van der Waals surface area contributed by atoms with Crippen LogP contribution in [0.5, 0.6) is 5.75 Å². The van der Waals surface area contributed by atoms with E-state index in [1.54, 1.807) is 12.1 Å². The number of hydrogen-bond acceptors (Lipinski definition) is 2. The van der Waals surface area contributed by atoms with E-state index in [0.29, 0.717) is 6.42 Å². The van der Waals surface area contributed by atoms with Gasteiger partial charge in [0.2, 0.25) is 0 Å². The Labute approximate surface area is 151 Å². The molecule has 3 aromatic carbocycles. The summed E-state index contributed by atoms with van der Waals surface area (Å²) in [6.45, 7) is 1.85. The number of benzene rings is 3. The molecular formula is C22H20FNO2. The van der Waals surface area contributed by atoms with Crippen LogP contribution in [0.1, 0.15) is 24.5 Å². The van der Waals surface area contributed by atoms with E-state index in [1.807, 2.05) is 25.1 Å². The third-order valence-corrected chi connectivity index (χ3v) is 4.90. The van der Waals surface area contributed by atoms with Crippen LogP contribution >= 0.6 is 0 Å². The van der Waals surface area contributed by atoms with E-state index < -0.39 is 11.9 Å². The number of hydrogen-bond donors (Lipinski definition) is 1. The van der Waals surface area contributed by atoms with E-state index >= 15 is 0 Å². The van der Waals surface area contributed by atoms with Gasteiger partial charge in [0, 0.05) is 11.1 Å². The summed E-state index contributed by atoms with van der Waals surface area (Å²) in [6.07, 6.45) is 1.77. The first-order valence-corrected chi connectivity index (χ1v) is 8.93. The van der Waals surface area contributed by atoms with Gasteiger partial charge in [-0.25, -0.2) is 4.39 Å². The van der Waals surface area contributed by atoms with Crippen molar-refractivity contribution >= 4 is 22.4 Å². The lowest BCUT2D eigenvalue weighted by Crippen LogP contribution is -2.32. The maximum absolute atomic E-state index is 13.8. The quantitative estimate of drug-likeness (QED) is 0.713. The Balaban J connectivity index is 1.60. The number of carbonyl (C=O) groups excluding carboxylic acids is 1. The van der Waals surface area contributed by atoms with Crippen molar-refractivity contribution in [3.8, 4) is 5.75 Å². The Bertz CT molecular complexity index is 973. The molecule has 1 amide bonds. The molecule has 3 nitrogen and oxygen atoms in total. The first-order chi connectivity index (χ1) is 12.7. The average molecular weight is 349 g/mol. The molecule has 0 unspecified atom stereocenters. The first-order valence-electron chi connectivity index (χ1n) is 8.93. The minimum absolute atomic E-state index is 0.0925. The second kappa shape index (κ2) is 6.79. The third kappa shape index (κ3) is 2.92. The van der Waals surface area contributed by atoms with Gasteiger partial charge in [0.25, 0.3) is 5.91 Å². The zero-order chi connectivity index (χ0) is 18.1. The molecule has 4 rings (SSSR count). The molecule has 132 valence electrons. The van der Waals surface area contributed by atoms with Crippen molar-refractivity contribution in [1.82, 2.24) is 0 Å². The van der Waals surface area contributed by atoms with Crippen molar-refractivity contribution in [2.45, 2.75) is 32.3 Å². The largest absolute Gasteiger partial charge is 0.478 e. The number of aryl methyl sites for hydroxylation is 2. The molecule has 1 N–H and O–H groups in total. The number of amides is 1. The number of anilines is 1. The van der Waals surface area contributed by atoms with Gasteiger partial charge < -0.3 is 10.1 Å². The Morgan fingerprint density at radius 1 is 1.08 bits per heavy atom. The molecule has 0 fully saturated rings. The van der Waals surface area contributed by atoms with Crippen LogP contribution in [0.25, 0.3) is 10.8 Å². The lowest BCUT2D eigenvalue weighted by atomic mass is 10.0.